The molecule has 0 fully saturated rings. The summed E-state index contributed by atoms with van der Waals surface area (Å²) >= 11 is 0. The van der Waals surface area contributed by atoms with E-state index in [0.29, 0.717) is 0 Å². The summed E-state index contributed by atoms with van der Waals surface area (Å²) < 4.78 is 0. The Hall–Kier alpha value is -0.560. The molecule has 76 valence electrons. The molecule has 13 heavy (non-hydrogen) atoms. The van der Waals surface area contributed by atoms with Crippen LogP contribution in [-0.2, 0) is 0 Å². The first-order valence-electron chi connectivity index (χ1n) is 5.14. The van der Waals surface area contributed by atoms with E-state index in [4.69, 9.17) is 0 Å². The van der Waals surface area contributed by atoms with E-state index < -0.39 is 0 Å². The van der Waals surface area contributed by atoms with Crippen LogP contribution in [-0.4, -0.2) is 11.2 Å². The molecular formula is C12H22O. The lowest BCUT2D eigenvalue weighted by Crippen LogP contribution is -2.12. The molecule has 0 saturated heterocycles. The molecule has 0 aliphatic heterocycles. The second-order valence-corrected chi connectivity index (χ2v) is 3.47. The van der Waals surface area contributed by atoms with Crippen molar-refractivity contribution in [3.05, 3.63) is 22.8 Å². The van der Waals surface area contributed by atoms with E-state index >= 15 is 0 Å². The van der Waals surface area contributed by atoms with Gasteiger partial charge in [-0.25, -0.2) is 0 Å². The fourth-order valence-corrected chi connectivity index (χ4v) is 1.36. The van der Waals surface area contributed by atoms with Crippen LogP contribution in [0.4, 0.5) is 0 Å². The molecule has 1 N–H and O–H groups in total. The van der Waals surface area contributed by atoms with Crippen molar-refractivity contribution in [3.8, 4) is 0 Å². The SMILES string of the molecule is CC.CC1=CC(=C(C)C)CCC1O. The van der Waals surface area contributed by atoms with Gasteiger partial charge in [0.25, 0.3) is 0 Å². The van der Waals surface area contributed by atoms with Crippen LogP contribution in [0.25, 0.3) is 0 Å². The summed E-state index contributed by atoms with van der Waals surface area (Å²) in [6.45, 7) is 10.2. The van der Waals surface area contributed by atoms with Gasteiger partial charge in [0.15, 0.2) is 0 Å². The maximum absolute atomic E-state index is 9.39. The summed E-state index contributed by atoms with van der Waals surface area (Å²) in [5.74, 6) is 0. The van der Waals surface area contributed by atoms with Crippen LogP contribution in [0.5, 0.6) is 0 Å². The van der Waals surface area contributed by atoms with Crippen molar-refractivity contribution in [3.63, 3.8) is 0 Å². The van der Waals surface area contributed by atoms with Gasteiger partial charge in [-0.1, -0.05) is 25.5 Å². The topological polar surface area (TPSA) is 20.2 Å². The smallest absolute Gasteiger partial charge is 0.0753 e. The lowest BCUT2D eigenvalue weighted by atomic mass is 9.91. The number of hydrogen-bond acceptors (Lipinski definition) is 1. The predicted molar refractivity (Wildman–Crippen MR) is 58.7 cm³/mol. The van der Waals surface area contributed by atoms with Crippen molar-refractivity contribution in [2.75, 3.05) is 0 Å². The minimum Gasteiger partial charge on any atom is -0.389 e. The molecule has 1 atom stereocenters. The summed E-state index contributed by atoms with van der Waals surface area (Å²) in [4.78, 5) is 0. The lowest BCUT2D eigenvalue weighted by Gasteiger charge is -2.19. The maximum Gasteiger partial charge on any atom is 0.0753 e. The molecule has 1 aliphatic rings. The molecule has 0 heterocycles. The second-order valence-electron chi connectivity index (χ2n) is 3.47. The Morgan fingerprint density at radius 3 is 2.31 bits per heavy atom. The fraction of sp³-hybridized carbons (Fsp3) is 0.667. The van der Waals surface area contributed by atoms with E-state index in [1.165, 1.54) is 11.1 Å². The first-order chi connectivity index (χ1) is 6.11. The van der Waals surface area contributed by atoms with Crippen molar-refractivity contribution >= 4 is 0 Å². The first kappa shape index (κ1) is 12.4. The van der Waals surface area contributed by atoms with E-state index in [1.54, 1.807) is 0 Å². The van der Waals surface area contributed by atoms with Crippen molar-refractivity contribution in [1.82, 2.24) is 0 Å². The van der Waals surface area contributed by atoms with Gasteiger partial charge in [0.05, 0.1) is 6.10 Å². The highest BCUT2D eigenvalue weighted by Gasteiger charge is 2.13. The molecule has 0 amide bonds. The Balaban J connectivity index is 0.000000671. The number of hydrogen-bond donors (Lipinski definition) is 1. The zero-order chi connectivity index (χ0) is 10.4. The Kier molecular flexibility index (Phi) is 5.72. The van der Waals surface area contributed by atoms with Gasteiger partial charge >= 0.3 is 0 Å². The van der Waals surface area contributed by atoms with Crippen LogP contribution in [0.2, 0.25) is 0 Å². The highest BCUT2D eigenvalue weighted by Crippen LogP contribution is 2.24. The van der Waals surface area contributed by atoms with E-state index in [9.17, 15) is 5.11 Å². The average molecular weight is 182 g/mol. The normalized spacial score (nSPS) is 21.5. The van der Waals surface area contributed by atoms with E-state index in [2.05, 4.69) is 19.9 Å². The Labute approximate surface area is 82.2 Å². The van der Waals surface area contributed by atoms with Crippen LogP contribution in [0.3, 0.4) is 0 Å². The minimum atomic E-state index is -0.196. The lowest BCUT2D eigenvalue weighted by molar-refractivity contribution is 0.197. The average Bonchev–Trinajstić information content (AvgIpc) is 2.13. The third kappa shape index (κ3) is 3.77. The summed E-state index contributed by atoms with van der Waals surface area (Å²) in [5.41, 5.74) is 3.87. The zero-order valence-electron chi connectivity index (χ0n) is 9.52. The van der Waals surface area contributed by atoms with Gasteiger partial charge in [0.2, 0.25) is 0 Å². The fourth-order valence-electron chi connectivity index (χ4n) is 1.36. The second kappa shape index (κ2) is 5.98. The summed E-state index contributed by atoms with van der Waals surface area (Å²) in [6.07, 6.45) is 3.84. The molecule has 1 heteroatoms. The van der Waals surface area contributed by atoms with Crippen LogP contribution in [0, 0.1) is 0 Å². The quantitative estimate of drug-likeness (QED) is 0.608. The van der Waals surface area contributed by atoms with Crippen LogP contribution >= 0.6 is 0 Å². The molecular weight excluding hydrogens is 160 g/mol. The van der Waals surface area contributed by atoms with Crippen LogP contribution in [0.1, 0.15) is 47.5 Å². The molecule has 0 aromatic rings. The number of allylic oxidation sites excluding steroid dienone is 3. The van der Waals surface area contributed by atoms with Crippen molar-refractivity contribution in [2.45, 2.75) is 53.6 Å². The molecule has 1 unspecified atom stereocenters. The number of aliphatic hydroxyl groups is 1. The van der Waals surface area contributed by atoms with Crippen molar-refractivity contribution in [1.29, 1.82) is 0 Å². The minimum absolute atomic E-state index is 0.196. The van der Waals surface area contributed by atoms with Gasteiger partial charge < -0.3 is 5.11 Å². The van der Waals surface area contributed by atoms with Crippen LogP contribution in [0.15, 0.2) is 22.8 Å². The molecule has 0 aromatic carbocycles. The van der Waals surface area contributed by atoms with Gasteiger partial charge in [0, 0.05) is 0 Å². The maximum atomic E-state index is 9.39. The number of rotatable bonds is 0. The monoisotopic (exact) mass is 182 g/mol. The van der Waals surface area contributed by atoms with E-state index in [1.807, 2.05) is 20.8 Å². The van der Waals surface area contributed by atoms with Gasteiger partial charge in [-0.15, -0.1) is 0 Å². The standard InChI is InChI=1S/C10H16O.C2H6/c1-7(2)9-4-5-10(11)8(3)6-9;1-2/h6,10-11H,4-5H2,1-3H3;1-2H3. The summed E-state index contributed by atoms with van der Waals surface area (Å²) in [5, 5.41) is 9.39. The van der Waals surface area contributed by atoms with Gasteiger partial charge in [-0.05, 0) is 44.8 Å². The highest BCUT2D eigenvalue weighted by molar-refractivity contribution is 5.31. The molecule has 0 radical (unpaired) electrons. The third-order valence-electron chi connectivity index (χ3n) is 2.26. The van der Waals surface area contributed by atoms with Gasteiger partial charge in [0.1, 0.15) is 0 Å². The molecule has 0 bridgehead atoms. The van der Waals surface area contributed by atoms with Crippen molar-refractivity contribution in [2.24, 2.45) is 0 Å². The zero-order valence-corrected chi connectivity index (χ0v) is 9.52. The van der Waals surface area contributed by atoms with Crippen molar-refractivity contribution < 1.29 is 5.11 Å². The highest BCUT2D eigenvalue weighted by atomic mass is 16.3. The van der Waals surface area contributed by atoms with Gasteiger partial charge in [-0.3, -0.25) is 0 Å². The van der Waals surface area contributed by atoms with E-state index in [-0.39, 0.29) is 6.10 Å². The summed E-state index contributed by atoms with van der Waals surface area (Å²) in [6, 6.07) is 0. The first-order valence-corrected chi connectivity index (χ1v) is 5.14. The largest absolute Gasteiger partial charge is 0.389 e. The van der Waals surface area contributed by atoms with E-state index in [0.717, 1.165) is 18.4 Å². The molecule has 1 aliphatic carbocycles. The molecule has 0 saturated carbocycles. The number of aliphatic hydroxyl groups excluding tert-OH is 1. The third-order valence-corrected chi connectivity index (χ3v) is 2.26. The molecule has 1 nitrogen and oxygen atoms in total. The molecule has 0 aromatic heterocycles. The van der Waals surface area contributed by atoms with Crippen LogP contribution < -0.4 is 0 Å². The van der Waals surface area contributed by atoms with Gasteiger partial charge in [-0.2, -0.15) is 0 Å². The Bertz CT molecular complexity index is 207. The molecule has 0 spiro atoms. The predicted octanol–water partition coefficient (Wildman–Crippen LogP) is 3.45. The Morgan fingerprint density at radius 1 is 1.38 bits per heavy atom. The molecule has 1 rings (SSSR count). The summed E-state index contributed by atoms with van der Waals surface area (Å²) in [7, 11) is 0. The Morgan fingerprint density at radius 2 is 1.92 bits per heavy atom.